The first-order valence-electron chi connectivity index (χ1n) is 9.14. The lowest BCUT2D eigenvalue weighted by Gasteiger charge is -2.41. The van der Waals surface area contributed by atoms with Gasteiger partial charge in [0.05, 0.1) is 17.9 Å². The van der Waals surface area contributed by atoms with Crippen molar-refractivity contribution < 1.29 is 14.4 Å². The number of hydrogen-bond acceptors (Lipinski definition) is 3. The highest BCUT2D eigenvalue weighted by Crippen LogP contribution is 2.53. The third kappa shape index (κ3) is 1.77. The Balaban J connectivity index is 1.56. The van der Waals surface area contributed by atoms with Gasteiger partial charge in [0.25, 0.3) is 0 Å². The van der Waals surface area contributed by atoms with Crippen molar-refractivity contribution in [3.8, 4) is 0 Å². The van der Waals surface area contributed by atoms with Crippen LogP contribution in [0.5, 0.6) is 0 Å². The van der Waals surface area contributed by atoms with E-state index in [0.29, 0.717) is 6.42 Å². The normalized spacial score (nSPS) is 37.6. The minimum absolute atomic E-state index is 0.00565. The first-order valence-corrected chi connectivity index (χ1v) is 9.14. The fourth-order valence-electron chi connectivity index (χ4n) is 5.71. The van der Waals surface area contributed by atoms with E-state index < -0.39 is 0 Å². The SMILES string of the molecule is O=C1C[C@H]2CC[C@@H]1[C@H]1C(=O)N(C3CCCc4ccccc43)C(=O)[C@@H]21. The third-order valence-electron chi connectivity index (χ3n) is 6.75. The molecule has 5 atom stereocenters. The molecule has 1 aromatic carbocycles. The van der Waals surface area contributed by atoms with Crippen LogP contribution in [0.15, 0.2) is 24.3 Å². The van der Waals surface area contributed by atoms with Crippen molar-refractivity contribution in [2.45, 2.75) is 44.6 Å². The van der Waals surface area contributed by atoms with E-state index in [2.05, 4.69) is 12.1 Å². The second-order valence-electron chi connectivity index (χ2n) is 7.82. The van der Waals surface area contributed by atoms with Crippen LogP contribution in [-0.2, 0) is 20.8 Å². The number of Topliss-reactive ketones (excluding diaryl/α,β-unsaturated/α-hetero) is 1. The Morgan fingerprint density at radius 1 is 0.917 bits per heavy atom. The molecule has 24 heavy (non-hydrogen) atoms. The highest BCUT2D eigenvalue weighted by Gasteiger charge is 2.61. The summed E-state index contributed by atoms with van der Waals surface area (Å²) in [4.78, 5) is 40.1. The van der Waals surface area contributed by atoms with Crippen molar-refractivity contribution in [2.75, 3.05) is 0 Å². The Kier molecular flexibility index (Phi) is 3.00. The molecule has 0 spiro atoms. The van der Waals surface area contributed by atoms with Gasteiger partial charge in [-0.2, -0.15) is 0 Å². The number of fused-ring (bicyclic) bond motifs is 3. The minimum Gasteiger partial charge on any atom is -0.299 e. The Morgan fingerprint density at radius 3 is 2.54 bits per heavy atom. The maximum absolute atomic E-state index is 13.1. The van der Waals surface area contributed by atoms with Crippen LogP contribution in [0.25, 0.3) is 0 Å². The molecule has 2 amide bonds. The highest BCUT2D eigenvalue weighted by atomic mass is 16.2. The van der Waals surface area contributed by atoms with E-state index in [-0.39, 0.29) is 47.3 Å². The lowest BCUT2D eigenvalue weighted by molar-refractivity contribution is -0.145. The molecule has 1 saturated heterocycles. The monoisotopic (exact) mass is 323 g/mol. The Labute approximate surface area is 141 Å². The van der Waals surface area contributed by atoms with Crippen LogP contribution in [0.1, 0.15) is 49.3 Å². The predicted octanol–water partition coefficient (Wildman–Crippen LogP) is 2.66. The van der Waals surface area contributed by atoms with Crippen LogP contribution in [0.3, 0.4) is 0 Å². The lowest BCUT2D eigenvalue weighted by atomic mass is 9.59. The van der Waals surface area contributed by atoms with E-state index in [1.54, 1.807) is 4.90 Å². The number of likely N-dealkylation sites (tertiary alicyclic amines) is 1. The van der Waals surface area contributed by atoms with E-state index in [9.17, 15) is 14.4 Å². The number of nitrogens with zero attached hydrogens (tertiary/aromatic N) is 1. The van der Waals surface area contributed by atoms with Gasteiger partial charge in [-0.25, -0.2) is 0 Å². The largest absolute Gasteiger partial charge is 0.299 e. The number of carbonyl (C=O) groups is 3. The topological polar surface area (TPSA) is 54.5 Å². The first-order chi connectivity index (χ1) is 11.7. The van der Waals surface area contributed by atoms with E-state index in [4.69, 9.17) is 0 Å². The number of imide groups is 1. The molecule has 124 valence electrons. The fourth-order valence-corrected chi connectivity index (χ4v) is 5.71. The second-order valence-corrected chi connectivity index (χ2v) is 7.82. The van der Waals surface area contributed by atoms with Gasteiger partial charge in [-0.3, -0.25) is 19.3 Å². The minimum atomic E-state index is -0.369. The molecular weight excluding hydrogens is 302 g/mol. The summed E-state index contributed by atoms with van der Waals surface area (Å²) in [7, 11) is 0. The number of carbonyl (C=O) groups excluding carboxylic acids is 3. The van der Waals surface area contributed by atoms with Gasteiger partial charge >= 0.3 is 0 Å². The van der Waals surface area contributed by atoms with Crippen molar-refractivity contribution >= 4 is 17.6 Å². The third-order valence-corrected chi connectivity index (χ3v) is 6.75. The molecule has 6 rings (SSSR count). The van der Waals surface area contributed by atoms with E-state index in [1.807, 2.05) is 12.1 Å². The average Bonchev–Trinajstić information content (AvgIpc) is 2.88. The molecule has 1 heterocycles. The molecule has 3 saturated carbocycles. The number of amides is 2. The summed E-state index contributed by atoms with van der Waals surface area (Å²) in [6, 6.07) is 8.04. The summed E-state index contributed by atoms with van der Waals surface area (Å²) in [5, 5.41) is 0. The molecule has 0 N–H and O–H groups in total. The lowest BCUT2D eigenvalue weighted by Crippen LogP contribution is -2.46. The van der Waals surface area contributed by atoms with Gasteiger partial charge < -0.3 is 0 Å². The van der Waals surface area contributed by atoms with Gasteiger partial charge in [0, 0.05) is 12.3 Å². The maximum Gasteiger partial charge on any atom is 0.234 e. The van der Waals surface area contributed by atoms with E-state index >= 15 is 0 Å². The van der Waals surface area contributed by atoms with Crippen molar-refractivity contribution in [1.82, 2.24) is 4.90 Å². The molecule has 1 aromatic rings. The van der Waals surface area contributed by atoms with Crippen LogP contribution >= 0.6 is 0 Å². The zero-order chi connectivity index (χ0) is 16.4. The van der Waals surface area contributed by atoms with Crippen molar-refractivity contribution in [3.63, 3.8) is 0 Å². The zero-order valence-electron chi connectivity index (χ0n) is 13.6. The van der Waals surface area contributed by atoms with Gasteiger partial charge in [0.15, 0.2) is 0 Å². The number of rotatable bonds is 1. The molecular formula is C20H21NO3. The zero-order valence-corrected chi connectivity index (χ0v) is 13.6. The number of ketones is 1. The Bertz CT molecular complexity index is 755. The maximum atomic E-state index is 13.1. The van der Waals surface area contributed by atoms with Crippen molar-refractivity contribution in [1.29, 1.82) is 0 Å². The number of benzene rings is 1. The molecule has 4 nitrogen and oxygen atoms in total. The van der Waals surface area contributed by atoms with Gasteiger partial charge in [-0.1, -0.05) is 24.3 Å². The van der Waals surface area contributed by atoms with Crippen molar-refractivity contribution in [2.24, 2.45) is 23.7 Å². The Hall–Kier alpha value is -1.97. The highest BCUT2D eigenvalue weighted by molar-refractivity contribution is 6.09. The predicted molar refractivity (Wildman–Crippen MR) is 86.8 cm³/mol. The van der Waals surface area contributed by atoms with Gasteiger partial charge in [-0.05, 0) is 49.1 Å². The molecule has 4 heteroatoms. The first kappa shape index (κ1) is 14.4. The van der Waals surface area contributed by atoms with Gasteiger partial charge in [0.2, 0.25) is 11.8 Å². The van der Waals surface area contributed by atoms with E-state index in [0.717, 1.165) is 37.7 Å². The van der Waals surface area contributed by atoms with Gasteiger partial charge in [-0.15, -0.1) is 0 Å². The molecule has 1 unspecified atom stereocenters. The summed E-state index contributed by atoms with van der Waals surface area (Å²) >= 11 is 0. The summed E-state index contributed by atoms with van der Waals surface area (Å²) in [6.07, 6.45) is 5.07. The summed E-state index contributed by atoms with van der Waals surface area (Å²) in [5.41, 5.74) is 2.38. The van der Waals surface area contributed by atoms with Crippen LogP contribution in [0, 0.1) is 23.7 Å². The Morgan fingerprint density at radius 2 is 1.71 bits per heavy atom. The number of aryl methyl sites for hydroxylation is 1. The van der Waals surface area contributed by atoms with Gasteiger partial charge in [0.1, 0.15) is 5.78 Å². The standard InChI is InChI=1S/C20H21NO3/c22-16-10-12-8-9-14(16)18-17(12)19(23)21(20(18)24)15-7-3-5-11-4-1-2-6-13(11)15/h1-2,4,6,12,14-15,17-18H,3,5,7-10H2/t12-,14+,15?,17+,18-/m1/s1. The smallest absolute Gasteiger partial charge is 0.234 e. The molecule has 4 aliphatic carbocycles. The van der Waals surface area contributed by atoms with Crippen LogP contribution in [0.2, 0.25) is 0 Å². The summed E-state index contributed by atoms with van der Waals surface area (Å²) < 4.78 is 0. The molecule has 0 aromatic heterocycles. The van der Waals surface area contributed by atoms with Crippen molar-refractivity contribution in [3.05, 3.63) is 35.4 Å². The van der Waals surface area contributed by atoms with E-state index in [1.165, 1.54) is 5.56 Å². The van der Waals surface area contributed by atoms with Crippen LogP contribution in [-0.4, -0.2) is 22.5 Å². The average molecular weight is 323 g/mol. The molecule has 1 aliphatic heterocycles. The van der Waals surface area contributed by atoms with Crippen LogP contribution in [0.4, 0.5) is 0 Å². The molecule has 0 radical (unpaired) electrons. The second kappa shape index (κ2) is 5.01. The molecule has 4 fully saturated rings. The molecule has 2 bridgehead atoms. The summed E-state index contributed by atoms with van der Waals surface area (Å²) in [5.74, 6) is -0.592. The fraction of sp³-hybridized carbons (Fsp3) is 0.550. The molecule has 5 aliphatic rings. The quantitative estimate of drug-likeness (QED) is 0.747. The number of hydrogen-bond donors (Lipinski definition) is 0. The summed E-state index contributed by atoms with van der Waals surface area (Å²) in [6.45, 7) is 0. The van der Waals surface area contributed by atoms with Crippen LogP contribution < -0.4 is 0 Å².